The quantitative estimate of drug-likeness (QED) is 0.644. The predicted octanol–water partition coefficient (Wildman–Crippen LogP) is -0.322. The van der Waals surface area contributed by atoms with E-state index in [-0.39, 0.29) is 10.7 Å². The molecule has 16 heavy (non-hydrogen) atoms. The van der Waals surface area contributed by atoms with Gasteiger partial charge in [-0.2, -0.15) is 0 Å². The van der Waals surface area contributed by atoms with Gasteiger partial charge in [-0.25, -0.2) is 13.1 Å². The molecule has 0 saturated carbocycles. The van der Waals surface area contributed by atoms with Gasteiger partial charge in [0.1, 0.15) is 5.75 Å². The maximum absolute atomic E-state index is 11.4. The lowest BCUT2D eigenvalue weighted by atomic mass is 10.1. The van der Waals surface area contributed by atoms with E-state index in [0.717, 1.165) is 19.6 Å². The van der Waals surface area contributed by atoms with Crippen molar-refractivity contribution in [2.75, 3.05) is 31.9 Å². The largest absolute Gasteiger partial charge is 0.392 e. The molecule has 1 rings (SSSR count). The summed E-state index contributed by atoms with van der Waals surface area (Å²) in [6.45, 7) is 3.33. The zero-order valence-electron chi connectivity index (χ0n) is 9.31. The first-order valence-electron chi connectivity index (χ1n) is 5.47. The van der Waals surface area contributed by atoms with E-state index in [1.54, 1.807) is 0 Å². The van der Waals surface area contributed by atoms with Crippen molar-refractivity contribution in [2.24, 2.45) is 5.73 Å². The molecule has 0 aliphatic carbocycles. The van der Waals surface area contributed by atoms with Crippen LogP contribution in [0.15, 0.2) is 0 Å². The van der Waals surface area contributed by atoms with Crippen molar-refractivity contribution >= 4 is 27.2 Å². The van der Waals surface area contributed by atoms with Gasteiger partial charge >= 0.3 is 0 Å². The molecule has 0 radical (unpaired) electrons. The molecule has 0 atom stereocenters. The fraction of sp³-hybridized carbons (Fsp3) is 0.889. The van der Waals surface area contributed by atoms with E-state index in [1.165, 1.54) is 19.3 Å². The van der Waals surface area contributed by atoms with Crippen LogP contribution >= 0.6 is 12.2 Å². The van der Waals surface area contributed by atoms with Crippen LogP contribution in [0.2, 0.25) is 0 Å². The molecule has 3 N–H and O–H groups in total. The summed E-state index contributed by atoms with van der Waals surface area (Å²) < 4.78 is 25.3. The number of likely N-dealkylation sites (tertiary alicyclic amines) is 1. The first-order valence-corrected chi connectivity index (χ1v) is 7.54. The van der Waals surface area contributed by atoms with Gasteiger partial charge in [0, 0.05) is 13.1 Å². The highest BCUT2D eigenvalue weighted by atomic mass is 32.2. The number of sulfonamides is 1. The Kier molecular flexibility index (Phi) is 5.60. The van der Waals surface area contributed by atoms with E-state index in [4.69, 9.17) is 5.73 Å². The third kappa shape index (κ3) is 5.74. The van der Waals surface area contributed by atoms with Gasteiger partial charge in [0.2, 0.25) is 10.0 Å². The Bertz CT molecular complexity index is 324. The number of rotatable bonds is 6. The van der Waals surface area contributed by atoms with E-state index in [1.807, 2.05) is 0 Å². The van der Waals surface area contributed by atoms with Crippen molar-refractivity contribution in [3.8, 4) is 0 Å². The van der Waals surface area contributed by atoms with Crippen LogP contribution < -0.4 is 10.5 Å². The van der Waals surface area contributed by atoms with Crippen LogP contribution in [0.3, 0.4) is 0 Å². The second kappa shape index (κ2) is 6.48. The molecule has 0 aromatic carbocycles. The lowest BCUT2D eigenvalue weighted by Gasteiger charge is -2.26. The molecule has 1 fully saturated rings. The van der Waals surface area contributed by atoms with Crippen molar-refractivity contribution < 1.29 is 8.42 Å². The molecule has 0 spiro atoms. The fourth-order valence-corrected chi connectivity index (χ4v) is 3.12. The molecule has 1 aliphatic heterocycles. The minimum Gasteiger partial charge on any atom is -0.392 e. The van der Waals surface area contributed by atoms with Gasteiger partial charge in [0.15, 0.2) is 0 Å². The molecule has 1 saturated heterocycles. The van der Waals surface area contributed by atoms with Gasteiger partial charge in [0.25, 0.3) is 0 Å². The summed E-state index contributed by atoms with van der Waals surface area (Å²) >= 11 is 4.57. The Hall–Kier alpha value is -0.240. The Morgan fingerprint density at radius 3 is 2.50 bits per heavy atom. The fourth-order valence-electron chi connectivity index (χ4n) is 1.78. The second-order valence-electron chi connectivity index (χ2n) is 4.02. The Labute approximate surface area is 102 Å². The number of thiocarbonyl (C=S) groups is 1. The number of hydrogen-bond acceptors (Lipinski definition) is 4. The van der Waals surface area contributed by atoms with Crippen LogP contribution in [0.5, 0.6) is 0 Å². The third-order valence-corrected chi connectivity index (χ3v) is 4.19. The van der Waals surface area contributed by atoms with Crippen LogP contribution in [0.25, 0.3) is 0 Å². The topological polar surface area (TPSA) is 75.4 Å². The SMILES string of the molecule is NC(=S)CS(=O)(=O)NCCN1CCCCC1. The zero-order chi connectivity index (χ0) is 12.0. The molecule has 1 aliphatic rings. The molecule has 7 heteroatoms. The Balaban J connectivity index is 2.21. The summed E-state index contributed by atoms with van der Waals surface area (Å²) in [6, 6.07) is 0. The maximum atomic E-state index is 11.4. The van der Waals surface area contributed by atoms with Gasteiger partial charge < -0.3 is 10.6 Å². The Morgan fingerprint density at radius 1 is 1.31 bits per heavy atom. The van der Waals surface area contributed by atoms with Crippen LogP contribution in [0, 0.1) is 0 Å². The van der Waals surface area contributed by atoms with Gasteiger partial charge in [-0.15, -0.1) is 0 Å². The van der Waals surface area contributed by atoms with Crippen LogP contribution in [-0.2, 0) is 10.0 Å². The van der Waals surface area contributed by atoms with Crippen LogP contribution in [0.1, 0.15) is 19.3 Å². The van der Waals surface area contributed by atoms with Gasteiger partial charge in [-0.05, 0) is 25.9 Å². The minimum atomic E-state index is -3.32. The molecular weight excluding hydrogens is 246 g/mol. The summed E-state index contributed by atoms with van der Waals surface area (Å²) in [5.41, 5.74) is 5.19. The zero-order valence-corrected chi connectivity index (χ0v) is 10.9. The lowest BCUT2D eigenvalue weighted by Crippen LogP contribution is -2.39. The molecule has 1 heterocycles. The van der Waals surface area contributed by atoms with E-state index < -0.39 is 10.0 Å². The first kappa shape index (κ1) is 13.8. The first-order chi connectivity index (χ1) is 7.49. The summed E-state index contributed by atoms with van der Waals surface area (Å²) in [5.74, 6) is -0.262. The van der Waals surface area contributed by atoms with E-state index in [2.05, 4.69) is 21.8 Å². The summed E-state index contributed by atoms with van der Waals surface area (Å²) in [7, 11) is -3.32. The highest BCUT2D eigenvalue weighted by Crippen LogP contribution is 2.07. The monoisotopic (exact) mass is 265 g/mol. The molecule has 94 valence electrons. The molecular formula is C9H19N3O2S2. The molecule has 0 aromatic rings. The van der Waals surface area contributed by atoms with E-state index in [9.17, 15) is 8.42 Å². The second-order valence-corrected chi connectivity index (χ2v) is 6.35. The standard InChI is InChI=1S/C9H19N3O2S2/c10-9(15)8-16(13,14)11-4-7-12-5-2-1-3-6-12/h11H,1-8H2,(H2,10,15). The van der Waals surface area contributed by atoms with Crippen LogP contribution in [-0.4, -0.2) is 50.2 Å². The van der Waals surface area contributed by atoms with Gasteiger partial charge in [-0.3, -0.25) is 0 Å². The van der Waals surface area contributed by atoms with Crippen molar-refractivity contribution in [1.29, 1.82) is 0 Å². The average Bonchev–Trinajstić information content (AvgIpc) is 2.16. The third-order valence-electron chi connectivity index (χ3n) is 2.53. The smallest absolute Gasteiger partial charge is 0.218 e. The van der Waals surface area contributed by atoms with E-state index in [0.29, 0.717) is 6.54 Å². The number of nitrogens with two attached hydrogens (primary N) is 1. The van der Waals surface area contributed by atoms with Crippen molar-refractivity contribution in [1.82, 2.24) is 9.62 Å². The molecule has 0 bridgehead atoms. The number of nitrogens with zero attached hydrogens (tertiary/aromatic N) is 1. The maximum Gasteiger partial charge on any atom is 0.218 e. The van der Waals surface area contributed by atoms with Crippen molar-refractivity contribution in [3.63, 3.8) is 0 Å². The summed E-state index contributed by atoms with van der Waals surface area (Å²) in [4.78, 5) is 2.28. The minimum absolute atomic E-state index is 0.00507. The predicted molar refractivity (Wildman–Crippen MR) is 68.9 cm³/mol. The number of nitrogens with one attached hydrogen (secondary N) is 1. The van der Waals surface area contributed by atoms with Crippen LogP contribution in [0.4, 0.5) is 0 Å². The molecule has 0 unspecified atom stereocenters. The number of hydrogen-bond donors (Lipinski definition) is 2. The van der Waals surface area contributed by atoms with E-state index >= 15 is 0 Å². The highest BCUT2D eigenvalue weighted by molar-refractivity contribution is 7.92. The van der Waals surface area contributed by atoms with Gasteiger partial charge in [0.05, 0.1) is 4.99 Å². The molecule has 0 amide bonds. The van der Waals surface area contributed by atoms with Crippen molar-refractivity contribution in [3.05, 3.63) is 0 Å². The summed E-state index contributed by atoms with van der Waals surface area (Å²) in [5, 5.41) is 0. The highest BCUT2D eigenvalue weighted by Gasteiger charge is 2.13. The lowest BCUT2D eigenvalue weighted by molar-refractivity contribution is 0.233. The van der Waals surface area contributed by atoms with Gasteiger partial charge in [-0.1, -0.05) is 18.6 Å². The Morgan fingerprint density at radius 2 is 1.94 bits per heavy atom. The average molecular weight is 265 g/mol. The normalized spacial score (nSPS) is 18.5. The van der Waals surface area contributed by atoms with Crippen molar-refractivity contribution in [2.45, 2.75) is 19.3 Å². The summed E-state index contributed by atoms with van der Waals surface area (Å²) in [6.07, 6.45) is 3.70. The molecule has 0 aromatic heterocycles. The number of piperidine rings is 1. The molecule has 5 nitrogen and oxygen atoms in total.